The number of hydrogen-bond donors (Lipinski definition) is 2. The Bertz CT molecular complexity index is 1050. The average Bonchev–Trinajstić information content (AvgIpc) is 3.40. The SMILES string of the molecule is CCCCN=C(N)NC(=O)CCc1ccc(-c2ccc(CN3CC[C@@H](N(C)C)C3)cc2)c(OCCCOC)c1. The van der Waals surface area contributed by atoms with Crippen molar-refractivity contribution in [2.24, 2.45) is 10.7 Å². The molecule has 0 aromatic heterocycles. The van der Waals surface area contributed by atoms with Crippen LogP contribution in [-0.2, 0) is 22.5 Å². The highest BCUT2D eigenvalue weighted by Crippen LogP contribution is 2.32. The molecule has 0 aliphatic carbocycles. The number of hydrogen-bond acceptors (Lipinski definition) is 6. The molecule has 1 aliphatic rings. The third-order valence-corrected chi connectivity index (χ3v) is 7.15. The van der Waals surface area contributed by atoms with Crippen LogP contribution in [0.2, 0.25) is 0 Å². The first-order chi connectivity index (χ1) is 18.9. The highest BCUT2D eigenvalue weighted by Gasteiger charge is 2.23. The van der Waals surface area contributed by atoms with Gasteiger partial charge in [0.25, 0.3) is 0 Å². The predicted molar refractivity (Wildman–Crippen MR) is 159 cm³/mol. The van der Waals surface area contributed by atoms with Crippen molar-refractivity contribution >= 4 is 11.9 Å². The molecule has 1 atom stereocenters. The molecule has 0 saturated carbocycles. The van der Waals surface area contributed by atoms with Crippen molar-refractivity contribution in [3.05, 3.63) is 53.6 Å². The summed E-state index contributed by atoms with van der Waals surface area (Å²) in [6, 6.07) is 15.7. The van der Waals surface area contributed by atoms with Gasteiger partial charge >= 0.3 is 0 Å². The summed E-state index contributed by atoms with van der Waals surface area (Å²) < 4.78 is 11.4. The number of unbranched alkanes of at least 4 members (excludes halogenated alkanes) is 1. The van der Waals surface area contributed by atoms with Gasteiger partial charge in [0.1, 0.15) is 5.75 Å². The summed E-state index contributed by atoms with van der Waals surface area (Å²) in [6.45, 7) is 7.17. The minimum atomic E-state index is -0.134. The number of carbonyl (C=O) groups is 1. The molecular formula is C31H47N5O3. The Morgan fingerprint density at radius 2 is 1.90 bits per heavy atom. The van der Waals surface area contributed by atoms with E-state index >= 15 is 0 Å². The van der Waals surface area contributed by atoms with Crippen LogP contribution in [-0.4, -0.2) is 81.8 Å². The van der Waals surface area contributed by atoms with E-state index in [1.807, 2.05) is 6.07 Å². The van der Waals surface area contributed by atoms with Gasteiger partial charge in [-0.2, -0.15) is 0 Å². The summed E-state index contributed by atoms with van der Waals surface area (Å²) in [4.78, 5) is 21.4. The predicted octanol–water partition coefficient (Wildman–Crippen LogP) is 4.07. The molecule has 1 fully saturated rings. The van der Waals surface area contributed by atoms with Crippen LogP contribution in [0, 0.1) is 0 Å². The number of nitrogens with one attached hydrogen (secondary N) is 1. The number of ether oxygens (including phenoxy) is 2. The molecule has 8 nitrogen and oxygen atoms in total. The van der Waals surface area contributed by atoms with Gasteiger partial charge in [-0.3, -0.25) is 20.0 Å². The van der Waals surface area contributed by atoms with Crippen LogP contribution in [0.15, 0.2) is 47.5 Å². The maximum atomic E-state index is 12.4. The fraction of sp³-hybridized carbons (Fsp3) is 0.548. The zero-order valence-corrected chi connectivity index (χ0v) is 24.2. The van der Waals surface area contributed by atoms with Crippen molar-refractivity contribution in [1.29, 1.82) is 0 Å². The Morgan fingerprint density at radius 1 is 1.13 bits per heavy atom. The van der Waals surface area contributed by atoms with E-state index in [0.717, 1.165) is 61.3 Å². The quantitative estimate of drug-likeness (QED) is 0.202. The summed E-state index contributed by atoms with van der Waals surface area (Å²) >= 11 is 0. The first kappa shape index (κ1) is 30.6. The van der Waals surface area contributed by atoms with Crippen molar-refractivity contribution < 1.29 is 14.3 Å². The summed E-state index contributed by atoms with van der Waals surface area (Å²) in [6.07, 6.45) is 4.94. The van der Waals surface area contributed by atoms with E-state index < -0.39 is 0 Å². The molecule has 0 bridgehead atoms. The molecule has 1 amide bonds. The number of carbonyl (C=O) groups excluding carboxylic acids is 1. The second-order valence-electron chi connectivity index (χ2n) is 10.5. The van der Waals surface area contributed by atoms with E-state index in [9.17, 15) is 4.79 Å². The van der Waals surface area contributed by atoms with Gasteiger partial charge in [0.15, 0.2) is 5.96 Å². The van der Waals surface area contributed by atoms with Crippen LogP contribution in [0.3, 0.4) is 0 Å². The number of benzene rings is 2. The molecule has 214 valence electrons. The molecular weight excluding hydrogens is 490 g/mol. The molecule has 2 aromatic carbocycles. The van der Waals surface area contributed by atoms with E-state index in [0.29, 0.717) is 38.6 Å². The second-order valence-corrected chi connectivity index (χ2v) is 10.5. The van der Waals surface area contributed by atoms with Crippen LogP contribution in [0.4, 0.5) is 0 Å². The standard InChI is InChI=1S/C31H47N5O3/c1-5-6-17-33-31(32)34-30(37)15-11-24-10-14-28(29(21-24)39-20-7-19-38-4)26-12-8-25(9-13-26)22-36-18-16-27(23-36)35(2)3/h8-10,12-14,21,27H,5-7,11,15-20,22-23H2,1-4H3,(H3,32,33,34,37)/t27-/m1/s1. The van der Waals surface area contributed by atoms with Crippen molar-refractivity contribution in [3.8, 4) is 16.9 Å². The monoisotopic (exact) mass is 537 g/mol. The summed E-state index contributed by atoms with van der Waals surface area (Å²) in [5.74, 6) is 0.882. The van der Waals surface area contributed by atoms with Crippen molar-refractivity contribution in [2.75, 3.05) is 54.1 Å². The Hall–Kier alpha value is -2.94. The minimum Gasteiger partial charge on any atom is -0.493 e. The molecule has 8 heteroatoms. The van der Waals surface area contributed by atoms with Gasteiger partial charge in [0.05, 0.1) is 6.61 Å². The number of nitrogens with zero attached hydrogens (tertiary/aromatic N) is 3. The summed E-state index contributed by atoms with van der Waals surface area (Å²) in [5, 5.41) is 2.69. The lowest BCUT2D eigenvalue weighted by molar-refractivity contribution is -0.119. The van der Waals surface area contributed by atoms with Gasteiger partial charge in [-0.05, 0) is 56.1 Å². The van der Waals surface area contributed by atoms with Gasteiger partial charge < -0.3 is 20.1 Å². The van der Waals surface area contributed by atoms with Crippen LogP contribution in [0.25, 0.3) is 11.1 Å². The van der Waals surface area contributed by atoms with E-state index in [4.69, 9.17) is 15.2 Å². The maximum Gasteiger partial charge on any atom is 0.226 e. The molecule has 1 saturated heterocycles. The second kappa shape index (κ2) is 16.2. The van der Waals surface area contributed by atoms with E-state index in [2.05, 4.69) is 77.5 Å². The zero-order valence-electron chi connectivity index (χ0n) is 24.2. The normalized spacial score (nSPS) is 16.1. The number of likely N-dealkylation sites (N-methyl/N-ethyl adjacent to an activating group) is 1. The van der Waals surface area contributed by atoms with Crippen molar-refractivity contribution in [2.45, 2.75) is 58.0 Å². The van der Waals surface area contributed by atoms with Crippen LogP contribution < -0.4 is 15.8 Å². The smallest absolute Gasteiger partial charge is 0.226 e. The molecule has 39 heavy (non-hydrogen) atoms. The number of amides is 1. The number of nitrogens with two attached hydrogens (primary N) is 1. The maximum absolute atomic E-state index is 12.4. The number of likely N-dealkylation sites (tertiary alicyclic amines) is 1. The molecule has 3 rings (SSSR count). The summed E-state index contributed by atoms with van der Waals surface area (Å²) in [5.41, 5.74) is 10.4. The molecule has 3 N–H and O–H groups in total. The fourth-order valence-electron chi connectivity index (χ4n) is 4.75. The Morgan fingerprint density at radius 3 is 2.59 bits per heavy atom. The highest BCUT2D eigenvalue weighted by molar-refractivity contribution is 5.96. The molecule has 0 unspecified atom stereocenters. The number of aryl methyl sites for hydroxylation is 1. The largest absolute Gasteiger partial charge is 0.493 e. The lowest BCUT2D eigenvalue weighted by atomic mass is 9.99. The Labute approximate surface area is 234 Å². The van der Waals surface area contributed by atoms with Crippen LogP contribution in [0.5, 0.6) is 5.75 Å². The Kier molecular flexibility index (Phi) is 12.7. The molecule has 2 aromatic rings. The van der Waals surface area contributed by atoms with Gasteiger partial charge in [-0.15, -0.1) is 0 Å². The number of methoxy groups -OCH3 is 1. The highest BCUT2D eigenvalue weighted by atomic mass is 16.5. The third kappa shape index (κ3) is 10.3. The number of rotatable bonds is 15. The van der Waals surface area contributed by atoms with E-state index in [1.54, 1.807) is 7.11 Å². The topological polar surface area (TPSA) is 92.4 Å². The van der Waals surface area contributed by atoms with Gasteiger partial charge in [-0.1, -0.05) is 49.7 Å². The van der Waals surface area contributed by atoms with Crippen molar-refractivity contribution in [3.63, 3.8) is 0 Å². The summed E-state index contributed by atoms with van der Waals surface area (Å²) in [7, 11) is 6.03. The first-order valence-corrected chi connectivity index (χ1v) is 14.2. The minimum absolute atomic E-state index is 0.134. The number of aliphatic imine (C=N–C) groups is 1. The third-order valence-electron chi connectivity index (χ3n) is 7.15. The first-order valence-electron chi connectivity index (χ1n) is 14.2. The molecule has 1 aliphatic heterocycles. The zero-order chi connectivity index (χ0) is 28.0. The van der Waals surface area contributed by atoms with Crippen molar-refractivity contribution in [1.82, 2.24) is 15.1 Å². The van der Waals surface area contributed by atoms with Gasteiger partial charge in [-0.25, -0.2) is 0 Å². The van der Waals surface area contributed by atoms with Gasteiger partial charge in [0, 0.05) is 64.3 Å². The molecule has 0 radical (unpaired) electrons. The Balaban J connectivity index is 1.65. The molecule has 0 spiro atoms. The lowest BCUT2D eigenvalue weighted by Gasteiger charge is -2.20. The average molecular weight is 538 g/mol. The van der Waals surface area contributed by atoms with E-state index in [-0.39, 0.29) is 11.9 Å². The fourth-order valence-corrected chi connectivity index (χ4v) is 4.75. The van der Waals surface area contributed by atoms with Gasteiger partial charge in [0.2, 0.25) is 5.91 Å². The number of guanidine groups is 1. The molecule has 1 heterocycles. The van der Waals surface area contributed by atoms with Crippen LogP contribution in [0.1, 0.15) is 50.2 Å². The van der Waals surface area contributed by atoms with E-state index in [1.165, 1.54) is 12.0 Å². The van der Waals surface area contributed by atoms with Crippen LogP contribution >= 0.6 is 0 Å². The lowest BCUT2D eigenvalue weighted by Crippen LogP contribution is -2.37.